The predicted octanol–water partition coefficient (Wildman–Crippen LogP) is 3.98. The summed E-state index contributed by atoms with van der Waals surface area (Å²) in [7, 11) is 1.38. The molecule has 0 N–H and O–H groups in total. The van der Waals surface area contributed by atoms with Gasteiger partial charge in [-0.15, -0.1) is 0 Å². The van der Waals surface area contributed by atoms with Crippen LogP contribution in [0, 0.1) is 0 Å². The van der Waals surface area contributed by atoms with E-state index >= 15 is 0 Å². The number of fused-ring (bicyclic) bond motifs is 1. The van der Waals surface area contributed by atoms with Crippen LogP contribution in [0.25, 0.3) is 11.0 Å². The zero-order valence-electron chi connectivity index (χ0n) is 11.4. The van der Waals surface area contributed by atoms with Crippen molar-refractivity contribution in [1.82, 2.24) is 9.55 Å². The number of methoxy groups -OCH3 is 1. The van der Waals surface area contributed by atoms with E-state index in [9.17, 15) is 4.79 Å². The third-order valence-corrected chi connectivity index (χ3v) is 4.33. The molecule has 0 unspecified atom stereocenters. The monoisotopic (exact) mass is 292 g/mol. The molecule has 1 saturated carbocycles. The Morgan fingerprint density at radius 1 is 1.40 bits per heavy atom. The quantitative estimate of drug-likeness (QED) is 0.786. The highest BCUT2D eigenvalue weighted by Gasteiger charge is 2.22. The molecule has 2 aromatic rings. The van der Waals surface area contributed by atoms with Crippen LogP contribution in [-0.2, 0) is 4.74 Å². The van der Waals surface area contributed by atoms with Crippen LogP contribution in [0.5, 0.6) is 0 Å². The van der Waals surface area contributed by atoms with Gasteiger partial charge in [0.05, 0.1) is 12.7 Å². The maximum Gasteiger partial charge on any atom is 0.338 e. The molecule has 0 atom stereocenters. The van der Waals surface area contributed by atoms with Crippen LogP contribution in [0.1, 0.15) is 48.5 Å². The van der Waals surface area contributed by atoms with Gasteiger partial charge >= 0.3 is 5.97 Å². The highest BCUT2D eigenvalue weighted by Crippen LogP contribution is 2.35. The van der Waals surface area contributed by atoms with Gasteiger partial charge in [-0.1, -0.05) is 30.9 Å². The smallest absolute Gasteiger partial charge is 0.338 e. The Balaban J connectivity index is 2.13. The Labute approximate surface area is 122 Å². The lowest BCUT2D eigenvalue weighted by atomic mass is 9.95. The largest absolute Gasteiger partial charge is 0.465 e. The number of aromatic nitrogens is 2. The molecule has 2 heterocycles. The van der Waals surface area contributed by atoms with Crippen LogP contribution in [0.4, 0.5) is 0 Å². The first-order valence-corrected chi connectivity index (χ1v) is 7.34. The lowest BCUT2D eigenvalue weighted by Gasteiger charge is -2.24. The Morgan fingerprint density at radius 3 is 2.85 bits per heavy atom. The number of halogens is 1. The molecule has 1 aliphatic rings. The number of nitrogens with zero attached hydrogens (tertiary/aromatic N) is 2. The maximum atomic E-state index is 11.8. The highest BCUT2D eigenvalue weighted by atomic mass is 35.5. The average molecular weight is 293 g/mol. The van der Waals surface area contributed by atoms with Gasteiger partial charge in [-0.3, -0.25) is 0 Å². The number of hydrogen-bond donors (Lipinski definition) is 0. The molecule has 0 spiro atoms. The van der Waals surface area contributed by atoms with E-state index in [1.807, 2.05) is 6.07 Å². The van der Waals surface area contributed by atoms with Gasteiger partial charge in [0.1, 0.15) is 10.8 Å². The first kappa shape index (κ1) is 13.4. The summed E-state index contributed by atoms with van der Waals surface area (Å²) in [5.74, 6) is -0.352. The molecule has 2 aromatic heterocycles. The summed E-state index contributed by atoms with van der Waals surface area (Å²) in [5, 5.41) is 1.42. The second-order valence-electron chi connectivity index (χ2n) is 5.22. The number of ether oxygens (including phenoxy) is 1. The summed E-state index contributed by atoms with van der Waals surface area (Å²) in [4.78, 5) is 16.2. The first-order valence-electron chi connectivity index (χ1n) is 6.96. The van der Waals surface area contributed by atoms with Crippen molar-refractivity contribution >= 4 is 28.6 Å². The van der Waals surface area contributed by atoms with Gasteiger partial charge in [0.25, 0.3) is 0 Å². The van der Waals surface area contributed by atoms with Crippen molar-refractivity contribution in [1.29, 1.82) is 0 Å². The number of rotatable bonds is 2. The molecule has 0 saturated heterocycles. The molecule has 0 aliphatic heterocycles. The SMILES string of the molecule is COC(=O)c1ccnc2c1cc(Cl)n2C1CCCCC1. The third-order valence-electron chi connectivity index (χ3n) is 4.04. The summed E-state index contributed by atoms with van der Waals surface area (Å²) in [5.41, 5.74) is 1.30. The van der Waals surface area contributed by atoms with E-state index in [0.29, 0.717) is 16.8 Å². The van der Waals surface area contributed by atoms with Crippen LogP contribution in [-0.4, -0.2) is 22.6 Å². The van der Waals surface area contributed by atoms with Gasteiger partial charge in [-0.05, 0) is 25.0 Å². The van der Waals surface area contributed by atoms with E-state index in [-0.39, 0.29) is 5.97 Å². The van der Waals surface area contributed by atoms with Gasteiger partial charge in [-0.2, -0.15) is 0 Å². The summed E-state index contributed by atoms with van der Waals surface area (Å²) < 4.78 is 6.89. The summed E-state index contributed by atoms with van der Waals surface area (Å²) in [6.07, 6.45) is 7.61. The second-order valence-corrected chi connectivity index (χ2v) is 5.60. The Bertz CT molecular complexity index is 645. The zero-order chi connectivity index (χ0) is 14.1. The van der Waals surface area contributed by atoms with E-state index in [4.69, 9.17) is 16.3 Å². The molecular weight excluding hydrogens is 276 g/mol. The number of carbonyl (C=O) groups excluding carboxylic acids is 1. The number of pyridine rings is 1. The Kier molecular flexibility index (Phi) is 3.66. The average Bonchev–Trinajstić information content (AvgIpc) is 2.83. The van der Waals surface area contributed by atoms with E-state index in [2.05, 4.69) is 9.55 Å². The van der Waals surface area contributed by atoms with Crippen LogP contribution in [0.15, 0.2) is 18.3 Å². The van der Waals surface area contributed by atoms with Gasteiger partial charge in [-0.25, -0.2) is 9.78 Å². The number of esters is 1. The van der Waals surface area contributed by atoms with Gasteiger partial charge < -0.3 is 9.30 Å². The summed E-state index contributed by atoms with van der Waals surface area (Å²) in [6, 6.07) is 3.88. The number of carbonyl (C=O) groups is 1. The summed E-state index contributed by atoms with van der Waals surface area (Å²) in [6.45, 7) is 0. The summed E-state index contributed by atoms with van der Waals surface area (Å²) >= 11 is 6.39. The molecule has 106 valence electrons. The standard InChI is InChI=1S/C15H17ClN2O2/c1-20-15(19)11-7-8-17-14-12(11)9-13(16)18(14)10-5-3-2-4-6-10/h7-10H,2-6H2,1H3. The van der Waals surface area contributed by atoms with Crippen molar-refractivity contribution in [3.63, 3.8) is 0 Å². The first-order chi connectivity index (χ1) is 9.72. The third kappa shape index (κ3) is 2.18. The fourth-order valence-electron chi connectivity index (χ4n) is 3.06. The molecule has 0 radical (unpaired) electrons. The topological polar surface area (TPSA) is 44.1 Å². The fraction of sp³-hybridized carbons (Fsp3) is 0.467. The fourth-order valence-corrected chi connectivity index (χ4v) is 3.39. The van der Waals surface area contributed by atoms with Crippen molar-refractivity contribution in [2.24, 2.45) is 0 Å². The molecule has 1 aliphatic carbocycles. The Hall–Kier alpha value is -1.55. The zero-order valence-corrected chi connectivity index (χ0v) is 12.2. The molecule has 3 rings (SSSR count). The van der Waals surface area contributed by atoms with Crippen LogP contribution in [0.2, 0.25) is 5.15 Å². The molecule has 0 aromatic carbocycles. The second kappa shape index (κ2) is 5.44. The minimum Gasteiger partial charge on any atom is -0.465 e. The van der Waals surface area contributed by atoms with Crippen molar-refractivity contribution in [2.45, 2.75) is 38.1 Å². The van der Waals surface area contributed by atoms with E-state index in [1.54, 1.807) is 12.3 Å². The predicted molar refractivity (Wildman–Crippen MR) is 78.2 cm³/mol. The molecular formula is C15H17ClN2O2. The van der Waals surface area contributed by atoms with Crippen molar-refractivity contribution in [3.05, 3.63) is 29.0 Å². The molecule has 0 amide bonds. The van der Waals surface area contributed by atoms with Crippen LogP contribution in [0.3, 0.4) is 0 Å². The van der Waals surface area contributed by atoms with Crippen molar-refractivity contribution in [3.8, 4) is 0 Å². The minimum absolute atomic E-state index is 0.352. The van der Waals surface area contributed by atoms with Crippen LogP contribution < -0.4 is 0 Å². The lowest BCUT2D eigenvalue weighted by Crippen LogP contribution is -2.13. The van der Waals surface area contributed by atoms with Gasteiger partial charge in [0, 0.05) is 17.6 Å². The number of hydrogen-bond acceptors (Lipinski definition) is 3. The lowest BCUT2D eigenvalue weighted by molar-refractivity contribution is 0.0603. The van der Waals surface area contributed by atoms with E-state index in [0.717, 1.165) is 23.9 Å². The molecule has 0 bridgehead atoms. The van der Waals surface area contributed by atoms with Crippen LogP contribution >= 0.6 is 11.6 Å². The molecule has 20 heavy (non-hydrogen) atoms. The van der Waals surface area contributed by atoms with Gasteiger partial charge in [0.2, 0.25) is 0 Å². The maximum absolute atomic E-state index is 11.8. The highest BCUT2D eigenvalue weighted by molar-refractivity contribution is 6.31. The van der Waals surface area contributed by atoms with Crippen molar-refractivity contribution < 1.29 is 9.53 Å². The van der Waals surface area contributed by atoms with E-state index < -0.39 is 0 Å². The molecule has 4 nitrogen and oxygen atoms in total. The van der Waals surface area contributed by atoms with Crippen molar-refractivity contribution in [2.75, 3.05) is 7.11 Å². The van der Waals surface area contributed by atoms with Gasteiger partial charge in [0.15, 0.2) is 0 Å². The van der Waals surface area contributed by atoms with E-state index in [1.165, 1.54) is 26.4 Å². The normalized spacial score (nSPS) is 16.5. The minimum atomic E-state index is -0.352. The molecule has 1 fully saturated rings. The molecule has 5 heteroatoms. The Morgan fingerprint density at radius 2 is 2.15 bits per heavy atom.